The van der Waals surface area contributed by atoms with Crippen LogP contribution in [0.2, 0.25) is 0 Å². The van der Waals surface area contributed by atoms with E-state index in [1.54, 1.807) is 0 Å². The molecule has 2 aliphatic rings. The third-order valence-electron chi connectivity index (χ3n) is 4.23. The maximum Gasteiger partial charge on any atom is 0.234 e. The van der Waals surface area contributed by atoms with Crippen LogP contribution in [0, 0.1) is 11.3 Å². The van der Waals surface area contributed by atoms with Gasteiger partial charge in [0.2, 0.25) is 5.91 Å². The van der Waals surface area contributed by atoms with Gasteiger partial charge in [0.15, 0.2) is 0 Å². The predicted octanol–water partition coefficient (Wildman–Crippen LogP) is 2.07. The molecule has 98 valence electrons. The number of amides is 1. The third-order valence-corrected chi connectivity index (χ3v) is 4.23. The van der Waals surface area contributed by atoms with Crippen LogP contribution in [-0.2, 0) is 4.79 Å². The van der Waals surface area contributed by atoms with Crippen molar-refractivity contribution < 1.29 is 4.79 Å². The third kappa shape index (κ3) is 3.70. The van der Waals surface area contributed by atoms with Crippen molar-refractivity contribution in [1.29, 1.82) is 0 Å². The van der Waals surface area contributed by atoms with Gasteiger partial charge in [0.25, 0.3) is 0 Å². The van der Waals surface area contributed by atoms with Gasteiger partial charge in [-0.3, -0.25) is 4.79 Å². The van der Waals surface area contributed by atoms with Gasteiger partial charge in [-0.1, -0.05) is 13.3 Å². The highest BCUT2D eigenvalue weighted by molar-refractivity contribution is 5.78. The lowest BCUT2D eigenvalue weighted by molar-refractivity contribution is -0.120. The van der Waals surface area contributed by atoms with Gasteiger partial charge in [-0.05, 0) is 50.4 Å². The standard InChI is InChI=1S/C14H26N2O/c1-3-4-11(2)16-13(17)9-15-10-14(7-8-14)12-5-6-12/h11-12,15H,3-10H2,1-2H3,(H,16,17). The van der Waals surface area contributed by atoms with E-state index in [0.29, 0.717) is 18.0 Å². The molecule has 3 nitrogen and oxygen atoms in total. The molecule has 0 radical (unpaired) electrons. The van der Waals surface area contributed by atoms with E-state index < -0.39 is 0 Å². The van der Waals surface area contributed by atoms with Crippen molar-refractivity contribution in [2.24, 2.45) is 11.3 Å². The molecule has 0 saturated heterocycles. The fourth-order valence-corrected chi connectivity index (χ4v) is 2.84. The first-order chi connectivity index (χ1) is 8.16. The maximum atomic E-state index is 11.6. The van der Waals surface area contributed by atoms with Gasteiger partial charge < -0.3 is 10.6 Å². The zero-order valence-corrected chi connectivity index (χ0v) is 11.2. The second kappa shape index (κ2) is 5.38. The van der Waals surface area contributed by atoms with Crippen LogP contribution in [0.15, 0.2) is 0 Å². The van der Waals surface area contributed by atoms with E-state index >= 15 is 0 Å². The lowest BCUT2D eigenvalue weighted by Gasteiger charge is -2.16. The molecule has 0 spiro atoms. The molecule has 17 heavy (non-hydrogen) atoms. The molecule has 0 aromatic heterocycles. The number of hydrogen-bond donors (Lipinski definition) is 2. The van der Waals surface area contributed by atoms with E-state index in [9.17, 15) is 4.79 Å². The van der Waals surface area contributed by atoms with Crippen LogP contribution in [0.3, 0.4) is 0 Å². The lowest BCUT2D eigenvalue weighted by Crippen LogP contribution is -2.40. The van der Waals surface area contributed by atoms with Crippen LogP contribution >= 0.6 is 0 Å². The number of carbonyl (C=O) groups excluding carboxylic acids is 1. The molecule has 2 fully saturated rings. The summed E-state index contributed by atoms with van der Waals surface area (Å²) in [7, 11) is 0. The lowest BCUT2D eigenvalue weighted by atomic mass is 10.0. The van der Waals surface area contributed by atoms with Crippen molar-refractivity contribution in [3.8, 4) is 0 Å². The molecule has 2 saturated carbocycles. The molecule has 1 unspecified atom stereocenters. The van der Waals surface area contributed by atoms with E-state index in [4.69, 9.17) is 0 Å². The number of rotatable bonds is 8. The summed E-state index contributed by atoms with van der Waals surface area (Å²) >= 11 is 0. The largest absolute Gasteiger partial charge is 0.353 e. The topological polar surface area (TPSA) is 41.1 Å². The molecule has 1 amide bonds. The first-order valence-corrected chi connectivity index (χ1v) is 7.16. The summed E-state index contributed by atoms with van der Waals surface area (Å²) in [5.74, 6) is 1.12. The average Bonchev–Trinajstić information content (AvgIpc) is 3.13. The summed E-state index contributed by atoms with van der Waals surface area (Å²) in [6.45, 7) is 5.76. The Morgan fingerprint density at radius 2 is 2.12 bits per heavy atom. The minimum atomic E-state index is 0.151. The molecular formula is C14H26N2O. The van der Waals surface area contributed by atoms with Crippen molar-refractivity contribution in [3.05, 3.63) is 0 Å². The summed E-state index contributed by atoms with van der Waals surface area (Å²) in [5.41, 5.74) is 0.593. The predicted molar refractivity (Wildman–Crippen MR) is 69.8 cm³/mol. The Kier molecular flexibility index (Phi) is 4.08. The second-order valence-electron chi connectivity index (χ2n) is 6.00. The van der Waals surface area contributed by atoms with Crippen molar-refractivity contribution in [1.82, 2.24) is 10.6 Å². The Hall–Kier alpha value is -0.570. The molecule has 0 aromatic rings. The van der Waals surface area contributed by atoms with Crippen molar-refractivity contribution >= 4 is 5.91 Å². The SMILES string of the molecule is CCCC(C)NC(=O)CNCC1(C2CC2)CC1. The quantitative estimate of drug-likeness (QED) is 0.679. The molecule has 2 rings (SSSR count). The van der Waals surface area contributed by atoms with Gasteiger partial charge >= 0.3 is 0 Å². The molecule has 0 bridgehead atoms. The molecule has 1 atom stereocenters. The summed E-state index contributed by atoms with van der Waals surface area (Å²) < 4.78 is 0. The van der Waals surface area contributed by atoms with E-state index in [-0.39, 0.29) is 5.91 Å². The van der Waals surface area contributed by atoms with Crippen LogP contribution < -0.4 is 10.6 Å². The van der Waals surface area contributed by atoms with Gasteiger partial charge in [-0.2, -0.15) is 0 Å². The molecule has 0 heterocycles. The zero-order chi connectivity index (χ0) is 12.3. The molecule has 0 aliphatic heterocycles. The summed E-state index contributed by atoms with van der Waals surface area (Å²) in [4.78, 5) is 11.6. The monoisotopic (exact) mass is 238 g/mol. The highest BCUT2D eigenvalue weighted by Crippen LogP contribution is 2.60. The molecule has 3 heteroatoms. The van der Waals surface area contributed by atoms with Gasteiger partial charge in [0.1, 0.15) is 0 Å². The number of hydrogen-bond acceptors (Lipinski definition) is 2. The Bertz CT molecular complexity index is 269. The van der Waals surface area contributed by atoms with Gasteiger partial charge in [0.05, 0.1) is 6.54 Å². The molecule has 2 aliphatic carbocycles. The fourth-order valence-electron chi connectivity index (χ4n) is 2.84. The average molecular weight is 238 g/mol. The van der Waals surface area contributed by atoms with Gasteiger partial charge in [0, 0.05) is 12.6 Å². The summed E-state index contributed by atoms with van der Waals surface area (Å²) in [6, 6.07) is 0.313. The minimum Gasteiger partial charge on any atom is -0.353 e. The summed E-state index contributed by atoms with van der Waals surface area (Å²) in [6.07, 6.45) is 7.78. The first-order valence-electron chi connectivity index (χ1n) is 7.16. The zero-order valence-electron chi connectivity index (χ0n) is 11.2. The normalized spacial score (nSPS) is 23.2. The maximum absolute atomic E-state index is 11.6. The van der Waals surface area contributed by atoms with Gasteiger partial charge in [-0.25, -0.2) is 0 Å². The van der Waals surface area contributed by atoms with Crippen LogP contribution in [0.1, 0.15) is 52.4 Å². The minimum absolute atomic E-state index is 0.151. The van der Waals surface area contributed by atoms with Crippen LogP contribution in [0.25, 0.3) is 0 Å². The van der Waals surface area contributed by atoms with Crippen molar-refractivity contribution in [2.75, 3.05) is 13.1 Å². The molecule has 0 aromatic carbocycles. The highest BCUT2D eigenvalue weighted by Gasteiger charge is 2.53. The van der Waals surface area contributed by atoms with E-state index in [2.05, 4.69) is 24.5 Å². The van der Waals surface area contributed by atoms with Crippen LogP contribution in [0.5, 0.6) is 0 Å². The summed E-state index contributed by atoms with van der Waals surface area (Å²) in [5, 5.41) is 6.38. The Morgan fingerprint density at radius 3 is 2.65 bits per heavy atom. The molecular weight excluding hydrogens is 212 g/mol. The van der Waals surface area contributed by atoms with Gasteiger partial charge in [-0.15, -0.1) is 0 Å². The van der Waals surface area contributed by atoms with E-state index in [0.717, 1.165) is 25.3 Å². The first kappa shape index (κ1) is 12.9. The van der Waals surface area contributed by atoms with Crippen LogP contribution in [-0.4, -0.2) is 25.0 Å². The van der Waals surface area contributed by atoms with E-state index in [1.165, 1.54) is 25.7 Å². The smallest absolute Gasteiger partial charge is 0.234 e. The fraction of sp³-hybridized carbons (Fsp3) is 0.929. The number of nitrogens with one attached hydrogen (secondary N) is 2. The van der Waals surface area contributed by atoms with Crippen molar-refractivity contribution in [2.45, 2.75) is 58.4 Å². The second-order valence-corrected chi connectivity index (χ2v) is 6.00. The van der Waals surface area contributed by atoms with E-state index in [1.807, 2.05) is 0 Å². The Balaban J connectivity index is 1.57. The number of carbonyl (C=O) groups is 1. The van der Waals surface area contributed by atoms with Crippen molar-refractivity contribution in [3.63, 3.8) is 0 Å². The Morgan fingerprint density at radius 1 is 1.41 bits per heavy atom. The van der Waals surface area contributed by atoms with Crippen LogP contribution in [0.4, 0.5) is 0 Å². The molecule has 2 N–H and O–H groups in total. The Labute approximate surface area is 105 Å². The highest BCUT2D eigenvalue weighted by atomic mass is 16.1.